The van der Waals surface area contributed by atoms with Gasteiger partial charge in [0, 0.05) is 24.8 Å². The molecule has 8 heteroatoms. The average molecular weight is 424 g/mol. The number of pyridine rings is 2. The lowest BCUT2D eigenvalue weighted by molar-refractivity contribution is 0.0969. The van der Waals surface area contributed by atoms with Gasteiger partial charge in [-0.3, -0.25) is 9.78 Å². The van der Waals surface area contributed by atoms with E-state index in [0.29, 0.717) is 25.2 Å². The fourth-order valence-corrected chi connectivity index (χ4v) is 3.71. The number of anilines is 2. The summed E-state index contributed by atoms with van der Waals surface area (Å²) in [5.74, 6) is -1.81. The molecule has 4 rings (SSSR count). The molecule has 0 aliphatic carbocycles. The van der Waals surface area contributed by atoms with Gasteiger partial charge in [0.05, 0.1) is 23.7 Å². The fourth-order valence-electron chi connectivity index (χ4n) is 3.71. The van der Waals surface area contributed by atoms with E-state index in [4.69, 9.17) is 0 Å². The molecule has 160 valence electrons. The maximum Gasteiger partial charge on any atom is 0.274 e. The van der Waals surface area contributed by atoms with Crippen LogP contribution in [-0.2, 0) is 0 Å². The van der Waals surface area contributed by atoms with Crippen LogP contribution in [0.4, 0.5) is 20.2 Å². The lowest BCUT2D eigenvalue weighted by Gasteiger charge is -2.36. The van der Waals surface area contributed by atoms with Crippen LogP contribution in [0.3, 0.4) is 0 Å². The van der Waals surface area contributed by atoms with Gasteiger partial charge in [0.15, 0.2) is 0 Å². The number of hydrogen-bond donors (Lipinski definition) is 2. The van der Waals surface area contributed by atoms with E-state index in [2.05, 4.69) is 20.2 Å². The first kappa shape index (κ1) is 20.9. The lowest BCUT2D eigenvalue weighted by atomic mass is 9.96. The van der Waals surface area contributed by atoms with E-state index in [1.54, 1.807) is 18.3 Å². The zero-order valence-corrected chi connectivity index (χ0v) is 16.9. The molecule has 0 radical (unpaired) electrons. The Balaban J connectivity index is 1.60. The Morgan fingerprint density at radius 3 is 2.74 bits per heavy atom. The highest BCUT2D eigenvalue weighted by atomic mass is 19.1. The predicted molar refractivity (Wildman–Crippen MR) is 114 cm³/mol. The minimum Gasteiger partial charge on any atom is -0.393 e. The maximum absolute atomic E-state index is 14.3. The molecule has 1 aliphatic heterocycles. The smallest absolute Gasteiger partial charge is 0.274 e. The van der Waals surface area contributed by atoms with Crippen LogP contribution < -0.4 is 10.2 Å². The first-order chi connectivity index (χ1) is 14.9. The minimum atomic E-state index is -0.718. The van der Waals surface area contributed by atoms with E-state index in [9.17, 15) is 18.7 Å². The van der Waals surface area contributed by atoms with Crippen LogP contribution in [0.2, 0.25) is 0 Å². The number of benzene rings is 1. The monoisotopic (exact) mass is 424 g/mol. The van der Waals surface area contributed by atoms with Crippen molar-refractivity contribution in [2.45, 2.75) is 19.4 Å². The molecule has 2 unspecified atom stereocenters. The number of halogens is 2. The third kappa shape index (κ3) is 4.39. The van der Waals surface area contributed by atoms with Crippen molar-refractivity contribution in [3.05, 3.63) is 72.2 Å². The van der Waals surface area contributed by atoms with Gasteiger partial charge in [0.2, 0.25) is 0 Å². The number of nitrogens with zero attached hydrogens (tertiary/aromatic N) is 3. The first-order valence-corrected chi connectivity index (χ1v) is 10.0. The summed E-state index contributed by atoms with van der Waals surface area (Å²) in [5, 5.41) is 12.8. The molecule has 2 N–H and O–H groups in total. The molecule has 1 fully saturated rings. The van der Waals surface area contributed by atoms with Gasteiger partial charge >= 0.3 is 0 Å². The van der Waals surface area contributed by atoms with E-state index in [1.165, 1.54) is 30.5 Å². The summed E-state index contributed by atoms with van der Waals surface area (Å²) in [6.45, 7) is 3.26. The number of aliphatic hydroxyl groups is 1. The van der Waals surface area contributed by atoms with Crippen molar-refractivity contribution >= 4 is 17.3 Å². The predicted octanol–water partition coefficient (Wildman–Crippen LogP) is 3.88. The molecule has 3 aromatic rings. The van der Waals surface area contributed by atoms with Gasteiger partial charge in [-0.2, -0.15) is 0 Å². The molecule has 2 atom stereocenters. The van der Waals surface area contributed by atoms with E-state index in [-0.39, 0.29) is 29.0 Å². The Kier molecular flexibility index (Phi) is 5.90. The number of carbonyl (C=O) groups excluding carboxylic acids is 1. The summed E-state index contributed by atoms with van der Waals surface area (Å²) in [4.78, 5) is 23.1. The van der Waals surface area contributed by atoms with E-state index in [1.807, 2.05) is 6.92 Å². The van der Waals surface area contributed by atoms with Crippen molar-refractivity contribution in [1.82, 2.24) is 9.97 Å². The molecular weight excluding hydrogens is 402 g/mol. The molecule has 2 aromatic heterocycles. The van der Waals surface area contributed by atoms with Crippen LogP contribution in [0, 0.1) is 17.6 Å². The maximum atomic E-state index is 14.3. The van der Waals surface area contributed by atoms with E-state index >= 15 is 0 Å². The quantitative estimate of drug-likeness (QED) is 0.665. The van der Waals surface area contributed by atoms with E-state index < -0.39 is 17.5 Å². The second-order valence-corrected chi connectivity index (χ2v) is 7.63. The highest BCUT2D eigenvalue weighted by Gasteiger charge is 2.26. The molecule has 0 bridgehead atoms. The third-order valence-electron chi connectivity index (χ3n) is 5.45. The molecule has 6 nitrogen and oxygen atoms in total. The topological polar surface area (TPSA) is 78.4 Å². The van der Waals surface area contributed by atoms with Crippen LogP contribution >= 0.6 is 0 Å². The number of hydrogen-bond acceptors (Lipinski definition) is 5. The van der Waals surface area contributed by atoms with Crippen molar-refractivity contribution in [3.8, 4) is 11.3 Å². The normalized spacial score (nSPS) is 18.6. The van der Waals surface area contributed by atoms with Gasteiger partial charge in [-0.05, 0) is 42.7 Å². The molecule has 1 amide bonds. The number of nitrogens with one attached hydrogen (secondary N) is 1. The Morgan fingerprint density at radius 1 is 1.16 bits per heavy atom. The molecule has 1 aromatic carbocycles. The average Bonchev–Trinajstić information content (AvgIpc) is 2.77. The molecule has 3 heterocycles. The van der Waals surface area contributed by atoms with Crippen LogP contribution in [0.25, 0.3) is 11.3 Å². The van der Waals surface area contributed by atoms with Crippen molar-refractivity contribution in [1.29, 1.82) is 0 Å². The van der Waals surface area contributed by atoms with Crippen molar-refractivity contribution in [3.63, 3.8) is 0 Å². The summed E-state index contributed by atoms with van der Waals surface area (Å²) in [6.07, 6.45) is 3.44. The number of carbonyl (C=O) groups is 1. The van der Waals surface area contributed by atoms with Gasteiger partial charge in [0.1, 0.15) is 23.0 Å². The molecule has 31 heavy (non-hydrogen) atoms. The summed E-state index contributed by atoms with van der Waals surface area (Å²) >= 11 is 0. The SMILES string of the molecule is CC1CN(c2ccncc2NC(=O)c2ccc(F)c(-c3ccccc3F)n2)CCC1O. The van der Waals surface area contributed by atoms with Crippen LogP contribution in [0.5, 0.6) is 0 Å². The highest BCUT2D eigenvalue weighted by Crippen LogP contribution is 2.30. The molecule has 0 saturated carbocycles. The standard InChI is InChI=1S/C23H22F2N4O2/c1-14-13-29(11-9-21(14)30)20-8-10-26-12-19(20)28-23(31)18-7-6-17(25)22(27-18)15-4-2-3-5-16(15)24/h2-8,10,12,14,21,30H,9,11,13H2,1H3,(H,28,31). The first-order valence-electron chi connectivity index (χ1n) is 10.0. The summed E-state index contributed by atoms with van der Waals surface area (Å²) in [6, 6.07) is 9.84. The molecular formula is C23H22F2N4O2. The third-order valence-corrected chi connectivity index (χ3v) is 5.45. The Morgan fingerprint density at radius 2 is 1.97 bits per heavy atom. The molecule has 1 saturated heterocycles. The number of aromatic nitrogens is 2. The Hall–Kier alpha value is -3.39. The molecule has 0 spiro atoms. The van der Waals surface area contributed by atoms with Gasteiger partial charge in [-0.1, -0.05) is 19.1 Å². The van der Waals surface area contributed by atoms with Crippen molar-refractivity contribution in [2.75, 3.05) is 23.3 Å². The second-order valence-electron chi connectivity index (χ2n) is 7.63. The summed E-state index contributed by atoms with van der Waals surface area (Å²) in [5.41, 5.74) is 0.971. The largest absolute Gasteiger partial charge is 0.393 e. The van der Waals surface area contributed by atoms with E-state index in [0.717, 1.165) is 11.8 Å². The minimum absolute atomic E-state index is 0.0161. The Bertz CT molecular complexity index is 1110. The van der Waals surface area contributed by atoms with Crippen LogP contribution in [-0.4, -0.2) is 40.2 Å². The van der Waals surface area contributed by atoms with Crippen LogP contribution in [0.1, 0.15) is 23.8 Å². The van der Waals surface area contributed by atoms with Gasteiger partial charge in [-0.15, -0.1) is 0 Å². The fraction of sp³-hybridized carbons (Fsp3) is 0.261. The van der Waals surface area contributed by atoms with Crippen LogP contribution in [0.15, 0.2) is 54.9 Å². The second kappa shape index (κ2) is 8.77. The number of amides is 1. The number of piperidine rings is 1. The number of aliphatic hydroxyl groups excluding tert-OH is 1. The van der Waals surface area contributed by atoms with Crippen molar-refractivity contribution < 1.29 is 18.7 Å². The van der Waals surface area contributed by atoms with Gasteiger partial charge in [0.25, 0.3) is 5.91 Å². The van der Waals surface area contributed by atoms with Gasteiger partial charge in [-0.25, -0.2) is 13.8 Å². The highest BCUT2D eigenvalue weighted by molar-refractivity contribution is 6.04. The zero-order valence-electron chi connectivity index (χ0n) is 16.9. The summed E-state index contributed by atoms with van der Waals surface area (Å²) < 4.78 is 28.4. The lowest BCUT2D eigenvalue weighted by Crippen LogP contribution is -2.42. The van der Waals surface area contributed by atoms with Crippen molar-refractivity contribution in [2.24, 2.45) is 5.92 Å². The Labute approximate surface area is 178 Å². The van der Waals surface area contributed by atoms with Gasteiger partial charge < -0.3 is 15.3 Å². The summed E-state index contributed by atoms with van der Waals surface area (Å²) in [7, 11) is 0. The molecule has 1 aliphatic rings. The zero-order chi connectivity index (χ0) is 22.0. The number of rotatable bonds is 4.